The lowest BCUT2D eigenvalue weighted by Crippen LogP contribution is -2.10. The summed E-state index contributed by atoms with van der Waals surface area (Å²) in [5.41, 5.74) is 2.48. The Kier molecular flexibility index (Phi) is 6.04. The Labute approximate surface area is 156 Å². The monoisotopic (exact) mass is 360 g/mol. The van der Waals surface area contributed by atoms with E-state index in [2.05, 4.69) is 21.0 Å². The van der Waals surface area contributed by atoms with E-state index in [1.54, 1.807) is 43.0 Å². The molecule has 0 fully saturated rings. The maximum absolute atomic E-state index is 11.8. The standard InChI is InChI=1S/C20H16N4O3/c21-12-17-11-18(15-4-7-22-8-5-15)14-24-19(17)26-9-2-10-27-20(25)16-3-1-6-23-13-16/h1,3-8,11,13-14H,2,9-10H2. The lowest BCUT2D eigenvalue weighted by atomic mass is 10.1. The molecule has 0 spiro atoms. The van der Waals surface area contributed by atoms with Crippen molar-refractivity contribution in [2.75, 3.05) is 13.2 Å². The van der Waals surface area contributed by atoms with Gasteiger partial charge in [-0.3, -0.25) is 9.97 Å². The van der Waals surface area contributed by atoms with Crippen molar-refractivity contribution in [3.63, 3.8) is 0 Å². The number of nitriles is 1. The molecule has 0 amide bonds. The van der Waals surface area contributed by atoms with Crippen molar-refractivity contribution < 1.29 is 14.3 Å². The molecule has 134 valence electrons. The maximum atomic E-state index is 11.8. The van der Waals surface area contributed by atoms with Gasteiger partial charge in [-0.2, -0.15) is 5.26 Å². The molecule has 7 heteroatoms. The number of carbonyl (C=O) groups excluding carboxylic acids is 1. The molecule has 0 bridgehead atoms. The third-order valence-corrected chi connectivity index (χ3v) is 3.64. The van der Waals surface area contributed by atoms with Crippen molar-refractivity contribution >= 4 is 5.97 Å². The quantitative estimate of drug-likeness (QED) is 0.472. The highest BCUT2D eigenvalue weighted by molar-refractivity contribution is 5.88. The van der Waals surface area contributed by atoms with E-state index in [0.29, 0.717) is 17.5 Å². The smallest absolute Gasteiger partial charge is 0.339 e. The van der Waals surface area contributed by atoms with Crippen LogP contribution in [0.25, 0.3) is 11.1 Å². The Bertz CT molecular complexity index is 940. The molecule has 3 rings (SSSR count). The SMILES string of the molecule is N#Cc1cc(-c2ccncc2)cnc1OCCCOC(=O)c1cccnc1. The highest BCUT2D eigenvalue weighted by Gasteiger charge is 2.09. The number of carbonyl (C=O) groups is 1. The molecule has 0 unspecified atom stereocenters. The first kappa shape index (κ1) is 18.0. The molecule has 0 aliphatic heterocycles. The molecule has 3 heterocycles. The minimum atomic E-state index is -0.430. The Balaban J connectivity index is 1.51. The fourth-order valence-electron chi connectivity index (χ4n) is 2.31. The predicted octanol–water partition coefficient (Wildman–Crippen LogP) is 3.04. The molecule has 7 nitrogen and oxygen atoms in total. The van der Waals surface area contributed by atoms with Gasteiger partial charge in [0.15, 0.2) is 0 Å². The summed E-state index contributed by atoms with van der Waals surface area (Å²) in [6.45, 7) is 0.474. The van der Waals surface area contributed by atoms with Crippen molar-refractivity contribution in [2.24, 2.45) is 0 Å². The van der Waals surface area contributed by atoms with Gasteiger partial charge in [0.1, 0.15) is 11.6 Å². The highest BCUT2D eigenvalue weighted by atomic mass is 16.5. The second-order valence-electron chi connectivity index (χ2n) is 5.50. The molecule has 0 radical (unpaired) electrons. The number of hydrogen-bond donors (Lipinski definition) is 0. The van der Waals surface area contributed by atoms with Crippen molar-refractivity contribution in [3.05, 3.63) is 72.4 Å². The van der Waals surface area contributed by atoms with Crippen LogP contribution >= 0.6 is 0 Å². The Morgan fingerprint density at radius 2 is 1.89 bits per heavy atom. The summed E-state index contributed by atoms with van der Waals surface area (Å²) < 4.78 is 10.7. The molecule has 0 aliphatic carbocycles. The third-order valence-electron chi connectivity index (χ3n) is 3.64. The van der Waals surface area contributed by atoms with E-state index in [4.69, 9.17) is 9.47 Å². The summed E-state index contributed by atoms with van der Waals surface area (Å²) in [5.74, 6) is -0.172. The van der Waals surface area contributed by atoms with Gasteiger partial charge in [0.05, 0.1) is 18.8 Å². The maximum Gasteiger partial charge on any atom is 0.339 e. The number of ether oxygens (including phenoxy) is 2. The summed E-state index contributed by atoms with van der Waals surface area (Å²) in [5, 5.41) is 9.33. The third kappa shape index (κ3) is 4.86. The van der Waals surface area contributed by atoms with Gasteiger partial charge in [0.25, 0.3) is 0 Å². The van der Waals surface area contributed by atoms with Gasteiger partial charge in [-0.05, 0) is 35.9 Å². The van der Waals surface area contributed by atoms with Gasteiger partial charge in [0.2, 0.25) is 5.88 Å². The Hall–Kier alpha value is -3.79. The minimum absolute atomic E-state index is 0.199. The number of pyridine rings is 3. The van der Waals surface area contributed by atoms with Crippen molar-refractivity contribution in [1.29, 1.82) is 5.26 Å². The Morgan fingerprint density at radius 3 is 2.63 bits per heavy atom. The molecule has 3 aromatic rings. The fourth-order valence-corrected chi connectivity index (χ4v) is 2.31. The second kappa shape index (κ2) is 9.06. The number of nitrogens with zero attached hydrogens (tertiary/aromatic N) is 4. The van der Waals surface area contributed by atoms with Crippen LogP contribution in [-0.4, -0.2) is 34.1 Å². The van der Waals surface area contributed by atoms with E-state index in [-0.39, 0.29) is 19.1 Å². The Morgan fingerprint density at radius 1 is 1.04 bits per heavy atom. The van der Waals surface area contributed by atoms with Crippen molar-refractivity contribution in [3.8, 4) is 23.1 Å². The average molecular weight is 360 g/mol. The predicted molar refractivity (Wildman–Crippen MR) is 96.8 cm³/mol. The zero-order valence-electron chi connectivity index (χ0n) is 14.4. The molecule has 0 saturated carbocycles. The van der Waals surface area contributed by atoms with Gasteiger partial charge >= 0.3 is 5.97 Å². The average Bonchev–Trinajstić information content (AvgIpc) is 2.74. The summed E-state index contributed by atoms with van der Waals surface area (Å²) >= 11 is 0. The molecular weight excluding hydrogens is 344 g/mol. The fraction of sp³-hybridized carbons (Fsp3) is 0.150. The van der Waals surface area contributed by atoms with E-state index in [0.717, 1.165) is 11.1 Å². The molecule has 0 saturated heterocycles. The van der Waals surface area contributed by atoms with Gasteiger partial charge in [-0.1, -0.05) is 0 Å². The van der Waals surface area contributed by atoms with Crippen molar-refractivity contribution in [2.45, 2.75) is 6.42 Å². The van der Waals surface area contributed by atoms with Gasteiger partial charge < -0.3 is 9.47 Å². The number of rotatable bonds is 7. The van der Waals surface area contributed by atoms with Gasteiger partial charge in [-0.25, -0.2) is 9.78 Å². The zero-order valence-corrected chi connectivity index (χ0v) is 14.4. The molecule has 3 aromatic heterocycles. The lowest BCUT2D eigenvalue weighted by Gasteiger charge is -2.09. The van der Waals surface area contributed by atoms with Crippen LogP contribution in [-0.2, 0) is 4.74 Å². The highest BCUT2D eigenvalue weighted by Crippen LogP contribution is 2.23. The van der Waals surface area contributed by atoms with Gasteiger partial charge in [0, 0.05) is 43.0 Å². The molecule has 0 atom stereocenters. The largest absolute Gasteiger partial charge is 0.477 e. The van der Waals surface area contributed by atoms with E-state index >= 15 is 0 Å². The van der Waals surface area contributed by atoms with Crippen molar-refractivity contribution in [1.82, 2.24) is 15.0 Å². The van der Waals surface area contributed by atoms with E-state index in [9.17, 15) is 10.1 Å². The van der Waals surface area contributed by atoms with E-state index < -0.39 is 5.97 Å². The minimum Gasteiger partial charge on any atom is -0.477 e. The molecule has 0 N–H and O–H groups in total. The molecule has 0 aliphatic rings. The van der Waals surface area contributed by atoms with Crippen LogP contribution in [0.1, 0.15) is 22.3 Å². The van der Waals surface area contributed by atoms with Crippen LogP contribution in [0.4, 0.5) is 0 Å². The number of esters is 1. The summed E-state index contributed by atoms with van der Waals surface area (Å²) in [4.78, 5) is 23.9. The second-order valence-corrected chi connectivity index (χ2v) is 5.50. The molecule has 27 heavy (non-hydrogen) atoms. The topological polar surface area (TPSA) is 98.0 Å². The van der Waals surface area contributed by atoms with Crippen LogP contribution in [0.15, 0.2) is 61.3 Å². The van der Waals surface area contributed by atoms with Gasteiger partial charge in [-0.15, -0.1) is 0 Å². The zero-order chi connectivity index (χ0) is 18.9. The van der Waals surface area contributed by atoms with Crippen LogP contribution in [0.5, 0.6) is 5.88 Å². The first-order chi connectivity index (χ1) is 13.3. The normalized spacial score (nSPS) is 10.0. The summed E-state index contributed by atoms with van der Waals surface area (Å²) in [6.07, 6.45) is 8.52. The first-order valence-electron chi connectivity index (χ1n) is 8.28. The van der Waals surface area contributed by atoms with Crippen LogP contribution in [0.2, 0.25) is 0 Å². The first-order valence-corrected chi connectivity index (χ1v) is 8.28. The van der Waals surface area contributed by atoms with E-state index in [1.165, 1.54) is 6.20 Å². The molecule has 0 aromatic carbocycles. The van der Waals surface area contributed by atoms with Crippen LogP contribution in [0.3, 0.4) is 0 Å². The number of aromatic nitrogens is 3. The van der Waals surface area contributed by atoms with Crippen LogP contribution in [0, 0.1) is 11.3 Å². The lowest BCUT2D eigenvalue weighted by molar-refractivity contribution is 0.0485. The summed E-state index contributed by atoms with van der Waals surface area (Å²) in [7, 11) is 0. The summed E-state index contributed by atoms with van der Waals surface area (Å²) in [6, 6.07) is 10.8. The van der Waals surface area contributed by atoms with E-state index in [1.807, 2.05) is 12.1 Å². The van der Waals surface area contributed by atoms with Crippen LogP contribution < -0.4 is 4.74 Å². The number of hydrogen-bond acceptors (Lipinski definition) is 7. The molecular formula is C20H16N4O3.